The zero-order chi connectivity index (χ0) is 15.0. The van der Waals surface area contributed by atoms with E-state index in [0.717, 1.165) is 13.1 Å². The number of likely N-dealkylation sites (tertiary alicyclic amines) is 1. The van der Waals surface area contributed by atoms with Gasteiger partial charge in [-0.15, -0.1) is 0 Å². The summed E-state index contributed by atoms with van der Waals surface area (Å²) >= 11 is 0. The lowest BCUT2D eigenvalue weighted by Crippen LogP contribution is -2.46. The Morgan fingerprint density at radius 1 is 1.25 bits per heavy atom. The normalized spacial score (nSPS) is 18.5. The van der Waals surface area contributed by atoms with Crippen molar-refractivity contribution in [3.63, 3.8) is 0 Å². The molecule has 3 N–H and O–H groups in total. The van der Waals surface area contributed by atoms with Crippen LogP contribution < -0.4 is 10.6 Å². The van der Waals surface area contributed by atoms with Gasteiger partial charge in [-0.05, 0) is 52.6 Å². The molecule has 6 nitrogen and oxygen atoms in total. The van der Waals surface area contributed by atoms with Crippen LogP contribution in [-0.4, -0.2) is 53.7 Å². The summed E-state index contributed by atoms with van der Waals surface area (Å²) in [5.74, 6) is -0.791. The number of nitrogens with zero attached hydrogens (tertiary/aromatic N) is 1. The van der Waals surface area contributed by atoms with Crippen LogP contribution in [-0.2, 0) is 4.79 Å². The van der Waals surface area contributed by atoms with Crippen molar-refractivity contribution in [3.05, 3.63) is 0 Å². The van der Waals surface area contributed by atoms with Gasteiger partial charge in [0.1, 0.15) is 0 Å². The molecule has 2 unspecified atom stereocenters. The van der Waals surface area contributed by atoms with Crippen LogP contribution in [0.4, 0.5) is 4.79 Å². The van der Waals surface area contributed by atoms with E-state index in [1.807, 2.05) is 6.92 Å². The van der Waals surface area contributed by atoms with Crippen molar-refractivity contribution in [2.45, 2.75) is 58.0 Å². The fraction of sp³-hybridized carbons (Fsp3) is 0.857. The highest BCUT2D eigenvalue weighted by atomic mass is 16.4. The summed E-state index contributed by atoms with van der Waals surface area (Å²) in [6.45, 7) is 6.91. The number of rotatable bonds is 8. The molecule has 0 bridgehead atoms. The molecule has 0 aromatic rings. The van der Waals surface area contributed by atoms with Crippen LogP contribution in [0.5, 0.6) is 0 Å². The van der Waals surface area contributed by atoms with Gasteiger partial charge in [0.25, 0.3) is 0 Å². The summed E-state index contributed by atoms with van der Waals surface area (Å²) in [5, 5.41) is 14.3. The van der Waals surface area contributed by atoms with E-state index < -0.39 is 5.97 Å². The monoisotopic (exact) mass is 285 g/mol. The predicted octanol–water partition coefficient (Wildman–Crippen LogP) is 1.41. The SMILES string of the molecule is CC(CCCC(=O)O)NC(=O)NCC(C)N1CCCC1. The van der Waals surface area contributed by atoms with Gasteiger partial charge in [-0.2, -0.15) is 0 Å². The Hall–Kier alpha value is -1.30. The summed E-state index contributed by atoms with van der Waals surface area (Å²) in [6.07, 6.45) is 3.91. The highest BCUT2D eigenvalue weighted by molar-refractivity contribution is 5.74. The van der Waals surface area contributed by atoms with Crippen LogP contribution in [0.2, 0.25) is 0 Å². The molecule has 2 atom stereocenters. The van der Waals surface area contributed by atoms with Gasteiger partial charge in [0.05, 0.1) is 0 Å². The van der Waals surface area contributed by atoms with E-state index in [0.29, 0.717) is 25.4 Å². The summed E-state index contributed by atoms with van der Waals surface area (Å²) in [4.78, 5) is 24.5. The fourth-order valence-corrected chi connectivity index (χ4v) is 2.46. The maximum atomic E-state index is 11.7. The van der Waals surface area contributed by atoms with Crippen LogP contribution >= 0.6 is 0 Å². The third kappa shape index (κ3) is 6.75. The molecule has 1 aliphatic heterocycles. The van der Waals surface area contributed by atoms with Gasteiger partial charge in [0.15, 0.2) is 0 Å². The van der Waals surface area contributed by atoms with Crippen LogP contribution in [0.3, 0.4) is 0 Å². The number of hydrogen-bond acceptors (Lipinski definition) is 3. The first-order valence-corrected chi connectivity index (χ1v) is 7.49. The van der Waals surface area contributed by atoms with Gasteiger partial charge in [0.2, 0.25) is 0 Å². The third-order valence-corrected chi connectivity index (χ3v) is 3.73. The minimum Gasteiger partial charge on any atom is -0.481 e. The maximum absolute atomic E-state index is 11.7. The van der Waals surface area contributed by atoms with Gasteiger partial charge in [-0.3, -0.25) is 9.69 Å². The maximum Gasteiger partial charge on any atom is 0.315 e. The van der Waals surface area contributed by atoms with Crippen LogP contribution in [0.25, 0.3) is 0 Å². The number of carbonyl (C=O) groups excluding carboxylic acids is 1. The van der Waals surface area contributed by atoms with E-state index in [1.165, 1.54) is 12.8 Å². The quantitative estimate of drug-likeness (QED) is 0.630. The topological polar surface area (TPSA) is 81.7 Å². The molecule has 1 aliphatic rings. The molecule has 1 fully saturated rings. The summed E-state index contributed by atoms with van der Waals surface area (Å²) < 4.78 is 0. The van der Waals surface area contributed by atoms with Crippen molar-refractivity contribution in [1.82, 2.24) is 15.5 Å². The summed E-state index contributed by atoms with van der Waals surface area (Å²) in [5.41, 5.74) is 0. The molecule has 6 heteroatoms. The molecule has 1 heterocycles. The van der Waals surface area contributed by atoms with Crippen molar-refractivity contribution in [2.75, 3.05) is 19.6 Å². The number of urea groups is 1. The van der Waals surface area contributed by atoms with Crippen molar-refractivity contribution in [1.29, 1.82) is 0 Å². The van der Waals surface area contributed by atoms with E-state index in [1.54, 1.807) is 0 Å². The Labute approximate surface area is 120 Å². The van der Waals surface area contributed by atoms with Crippen LogP contribution in [0.1, 0.15) is 46.0 Å². The molecule has 0 aliphatic carbocycles. The Balaban J connectivity index is 2.10. The lowest BCUT2D eigenvalue weighted by molar-refractivity contribution is -0.137. The Morgan fingerprint density at radius 2 is 1.90 bits per heavy atom. The molecule has 0 aromatic carbocycles. The summed E-state index contributed by atoms with van der Waals surface area (Å²) in [7, 11) is 0. The number of hydrogen-bond donors (Lipinski definition) is 3. The van der Waals surface area contributed by atoms with Crippen molar-refractivity contribution < 1.29 is 14.7 Å². The molecule has 20 heavy (non-hydrogen) atoms. The first-order chi connectivity index (χ1) is 9.49. The molecule has 1 saturated heterocycles. The van der Waals surface area contributed by atoms with Crippen LogP contribution in [0.15, 0.2) is 0 Å². The van der Waals surface area contributed by atoms with Crippen molar-refractivity contribution in [3.8, 4) is 0 Å². The standard InChI is InChI=1S/C14H27N3O3/c1-11(6-5-7-13(18)19)16-14(20)15-10-12(2)17-8-3-4-9-17/h11-12H,3-10H2,1-2H3,(H,18,19)(H2,15,16,20). The van der Waals surface area contributed by atoms with Gasteiger partial charge in [0, 0.05) is 25.0 Å². The molecule has 116 valence electrons. The fourth-order valence-electron chi connectivity index (χ4n) is 2.46. The van der Waals surface area contributed by atoms with Gasteiger partial charge >= 0.3 is 12.0 Å². The van der Waals surface area contributed by atoms with Gasteiger partial charge < -0.3 is 15.7 Å². The smallest absolute Gasteiger partial charge is 0.315 e. The van der Waals surface area contributed by atoms with Gasteiger partial charge in [-0.25, -0.2) is 4.79 Å². The van der Waals surface area contributed by atoms with E-state index >= 15 is 0 Å². The van der Waals surface area contributed by atoms with Crippen LogP contribution in [0, 0.1) is 0 Å². The Bertz CT molecular complexity index is 317. The minimum atomic E-state index is -0.791. The van der Waals surface area contributed by atoms with E-state index in [4.69, 9.17) is 5.11 Å². The molecular weight excluding hydrogens is 258 g/mol. The molecule has 0 aromatic heterocycles. The van der Waals surface area contributed by atoms with Gasteiger partial charge in [-0.1, -0.05) is 0 Å². The average Bonchev–Trinajstić information content (AvgIpc) is 2.89. The van der Waals surface area contributed by atoms with Crippen molar-refractivity contribution in [2.24, 2.45) is 0 Å². The number of aliphatic carboxylic acids is 1. The predicted molar refractivity (Wildman–Crippen MR) is 77.8 cm³/mol. The molecule has 2 amide bonds. The second kappa shape index (κ2) is 8.79. The molecule has 0 saturated carbocycles. The first kappa shape index (κ1) is 16.8. The lowest BCUT2D eigenvalue weighted by atomic mass is 10.1. The molecule has 0 spiro atoms. The molecular formula is C14H27N3O3. The zero-order valence-corrected chi connectivity index (χ0v) is 12.5. The van der Waals surface area contributed by atoms with Crippen molar-refractivity contribution >= 4 is 12.0 Å². The van der Waals surface area contributed by atoms with E-state index in [9.17, 15) is 9.59 Å². The third-order valence-electron chi connectivity index (χ3n) is 3.73. The van der Waals surface area contributed by atoms with E-state index in [2.05, 4.69) is 22.5 Å². The highest BCUT2D eigenvalue weighted by Gasteiger charge is 2.18. The Morgan fingerprint density at radius 3 is 2.50 bits per heavy atom. The number of carboxylic acid groups (broad SMARTS) is 1. The highest BCUT2D eigenvalue weighted by Crippen LogP contribution is 2.10. The first-order valence-electron chi connectivity index (χ1n) is 7.49. The van der Waals surface area contributed by atoms with E-state index in [-0.39, 0.29) is 18.5 Å². The zero-order valence-electron chi connectivity index (χ0n) is 12.5. The second-order valence-electron chi connectivity index (χ2n) is 5.63. The Kier molecular flexibility index (Phi) is 7.36. The number of nitrogens with one attached hydrogen (secondary N) is 2. The molecule has 1 rings (SSSR count). The largest absolute Gasteiger partial charge is 0.481 e. The average molecular weight is 285 g/mol. The number of carbonyl (C=O) groups is 2. The molecule has 0 radical (unpaired) electrons. The second-order valence-corrected chi connectivity index (χ2v) is 5.63. The number of carboxylic acids is 1. The lowest BCUT2D eigenvalue weighted by Gasteiger charge is -2.24. The minimum absolute atomic E-state index is 0.00329. The summed E-state index contributed by atoms with van der Waals surface area (Å²) in [6, 6.07) is 0.195. The number of amides is 2.